The van der Waals surface area contributed by atoms with Gasteiger partial charge in [0.2, 0.25) is 5.91 Å². The third kappa shape index (κ3) is 6.72. The largest absolute Gasteiger partial charge is 0.444 e. The molecule has 0 aromatic carbocycles. The summed E-state index contributed by atoms with van der Waals surface area (Å²) in [5.41, 5.74) is -0.552. The van der Waals surface area contributed by atoms with Crippen molar-refractivity contribution in [2.45, 2.75) is 38.9 Å². The molecule has 116 valence electrons. The zero-order chi connectivity index (χ0) is 15.2. The molecule has 1 rings (SSSR count). The van der Waals surface area contributed by atoms with Crippen molar-refractivity contribution in [2.24, 2.45) is 5.92 Å². The van der Waals surface area contributed by atoms with E-state index in [1.807, 2.05) is 0 Å². The van der Waals surface area contributed by atoms with E-state index < -0.39 is 17.8 Å². The van der Waals surface area contributed by atoms with Gasteiger partial charge >= 0.3 is 6.09 Å². The molecule has 7 nitrogen and oxygen atoms in total. The van der Waals surface area contributed by atoms with Crippen LogP contribution >= 0.6 is 0 Å². The molecule has 0 spiro atoms. The zero-order valence-electron chi connectivity index (χ0n) is 12.4. The minimum Gasteiger partial charge on any atom is -0.444 e. The first-order chi connectivity index (χ1) is 9.28. The van der Waals surface area contributed by atoms with Gasteiger partial charge in [-0.2, -0.15) is 0 Å². The topological polar surface area (TPSA) is 99.7 Å². The molecule has 1 fully saturated rings. The fraction of sp³-hybridized carbons (Fsp3) is 0.846. The van der Waals surface area contributed by atoms with E-state index in [4.69, 9.17) is 4.74 Å². The number of amides is 2. The number of alkyl carbamates (subject to hydrolysis) is 1. The Hall–Kier alpha value is -1.34. The molecule has 2 amide bonds. The molecule has 7 heteroatoms. The molecule has 1 aliphatic rings. The van der Waals surface area contributed by atoms with E-state index in [0.29, 0.717) is 19.6 Å². The van der Waals surface area contributed by atoms with E-state index in [1.165, 1.54) is 0 Å². The van der Waals surface area contributed by atoms with Crippen LogP contribution in [0.15, 0.2) is 0 Å². The number of ether oxygens (including phenoxy) is 1. The number of aliphatic hydroxyl groups excluding tert-OH is 1. The van der Waals surface area contributed by atoms with Crippen molar-refractivity contribution in [3.8, 4) is 0 Å². The van der Waals surface area contributed by atoms with Crippen molar-refractivity contribution in [1.82, 2.24) is 16.0 Å². The normalized spacial score (nSPS) is 20.4. The zero-order valence-corrected chi connectivity index (χ0v) is 12.4. The Labute approximate surface area is 119 Å². The smallest absolute Gasteiger partial charge is 0.407 e. The molecule has 0 bridgehead atoms. The van der Waals surface area contributed by atoms with Crippen LogP contribution in [-0.4, -0.2) is 55.0 Å². The summed E-state index contributed by atoms with van der Waals surface area (Å²) in [4.78, 5) is 22.7. The highest BCUT2D eigenvalue weighted by atomic mass is 16.6. The molecule has 0 aromatic heterocycles. The highest BCUT2D eigenvalue weighted by Crippen LogP contribution is 2.07. The number of nitrogens with one attached hydrogen (secondary N) is 3. The predicted octanol–water partition coefficient (Wildman–Crippen LogP) is -0.402. The molecule has 1 saturated heterocycles. The maximum atomic E-state index is 11.4. The van der Waals surface area contributed by atoms with Gasteiger partial charge in [0.1, 0.15) is 5.60 Å². The van der Waals surface area contributed by atoms with Crippen LogP contribution in [0.3, 0.4) is 0 Å². The summed E-state index contributed by atoms with van der Waals surface area (Å²) in [6.45, 7) is 7.01. The Morgan fingerprint density at radius 2 is 2.20 bits per heavy atom. The van der Waals surface area contributed by atoms with Gasteiger partial charge in [-0.3, -0.25) is 4.79 Å². The van der Waals surface area contributed by atoms with E-state index in [2.05, 4.69) is 16.0 Å². The van der Waals surface area contributed by atoms with Crippen LogP contribution in [-0.2, 0) is 9.53 Å². The second-order valence-electron chi connectivity index (χ2n) is 5.97. The summed E-state index contributed by atoms with van der Waals surface area (Å²) in [6, 6.07) is 0. The van der Waals surface area contributed by atoms with Crippen LogP contribution in [0.25, 0.3) is 0 Å². The van der Waals surface area contributed by atoms with Gasteiger partial charge in [0.15, 0.2) is 0 Å². The molecule has 2 atom stereocenters. The molecule has 0 saturated carbocycles. The lowest BCUT2D eigenvalue weighted by Crippen LogP contribution is -2.41. The van der Waals surface area contributed by atoms with Crippen LogP contribution in [0.1, 0.15) is 27.2 Å². The SMILES string of the molecule is CC(C)(C)OC(=O)NCC(O)CNC[C@@H]1CCNC1=O. The monoisotopic (exact) mass is 287 g/mol. The molecule has 0 aromatic rings. The molecule has 0 radical (unpaired) electrons. The van der Waals surface area contributed by atoms with E-state index >= 15 is 0 Å². The summed E-state index contributed by atoms with van der Waals surface area (Å²) in [6.07, 6.45) is -0.448. The Morgan fingerprint density at radius 3 is 2.75 bits per heavy atom. The van der Waals surface area contributed by atoms with E-state index in [1.54, 1.807) is 20.8 Å². The minimum absolute atomic E-state index is 0.0268. The highest BCUT2D eigenvalue weighted by Gasteiger charge is 2.23. The Bertz CT molecular complexity index is 341. The van der Waals surface area contributed by atoms with Crippen molar-refractivity contribution < 1.29 is 19.4 Å². The van der Waals surface area contributed by atoms with Gasteiger partial charge in [0, 0.05) is 26.2 Å². The molecule has 4 N–H and O–H groups in total. The fourth-order valence-corrected chi connectivity index (χ4v) is 1.85. The summed E-state index contributed by atoms with van der Waals surface area (Å²) < 4.78 is 5.05. The lowest BCUT2D eigenvalue weighted by molar-refractivity contribution is -0.122. The number of carbonyl (C=O) groups is 2. The van der Waals surface area contributed by atoms with Crippen LogP contribution in [0.2, 0.25) is 0 Å². The van der Waals surface area contributed by atoms with Crippen LogP contribution in [0.5, 0.6) is 0 Å². The molecular weight excluding hydrogens is 262 g/mol. The van der Waals surface area contributed by atoms with Crippen LogP contribution in [0.4, 0.5) is 4.79 Å². The number of hydrogen-bond acceptors (Lipinski definition) is 5. The maximum Gasteiger partial charge on any atom is 0.407 e. The summed E-state index contributed by atoms with van der Waals surface area (Å²) >= 11 is 0. The molecule has 0 aliphatic carbocycles. The lowest BCUT2D eigenvalue weighted by Gasteiger charge is -2.20. The van der Waals surface area contributed by atoms with Crippen molar-refractivity contribution in [1.29, 1.82) is 0 Å². The van der Waals surface area contributed by atoms with Crippen molar-refractivity contribution in [3.63, 3.8) is 0 Å². The maximum absolute atomic E-state index is 11.4. The van der Waals surface area contributed by atoms with E-state index in [9.17, 15) is 14.7 Å². The van der Waals surface area contributed by atoms with Crippen molar-refractivity contribution >= 4 is 12.0 Å². The number of carbonyl (C=O) groups excluding carboxylic acids is 2. The van der Waals surface area contributed by atoms with Gasteiger partial charge in [-0.05, 0) is 27.2 Å². The standard InChI is InChI=1S/C13H25N3O4/c1-13(2,3)20-12(19)16-8-10(17)7-14-6-9-4-5-15-11(9)18/h9-10,14,17H,4-8H2,1-3H3,(H,15,18)(H,16,19)/t9-,10?/m0/s1. The second-order valence-corrected chi connectivity index (χ2v) is 5.97. The van der Waals surface area contributed by atoms with Crippen LogP contribution < -0.4 is 16.0 Å². The first-order valence-corrected chi connectivity index (χ1v) is 6.91. The highest BCUT2D eigenvalue weighted by molar-refractivity contribution is 5.80. The number of aliphatic hydroxyl groups is 1. The summed E-state index contributed by atoms with van der Waals surface area (Å²) in [5.74, 6) is 0.0277. The van der Waals surface area contributed by atoms with Gasteiger partial charge in [-0.25, -0.2) is 4.79 Å². The summed E-state index contributed by atoms with van der Waals surface area (Å²) in [5, 5.41) is 18.0. The van der Waals surface area contributed by atoms with Crippen molar-refractivity contribution in [3.05, 3.63) is 0 Å². The third-order valence-corrected chi connectivity index (χ3v) is 2.81. The van der Waals surface area contributed by atoms with Gasteiger partial charge in [0.25, 0.3) is 0 Å². The quantitative estimate of drug-likeness (QED) is 0.532. The van der Waals surface area contributed by atoms with Gasteiger partial charge in [-0.15, -0.1) is 0 Å². The third-order valence-electron chi connectivity index (χ3n) is 2.81. The second kappa shape index (κ2) is 7.44. The predicted molar refractivity (Wildman–Crippen MR) is 74.2 cm³/mol. The molecule has 1 heterocycles. The average molecular weight is 287 g/mol. The van der Waals surface area contributed by atoms with Crippen LogP contribution in [0, 0.1) is 5.92 Å². The first-order valence-electron chi connectivity index (χ1n) is 6.91. The number of rotatable bonds is 6. The average Bonchev–Trinajstić information content (AvgIpc) is 2.70. The molecule has 20 heavy (non-hydrogen) atoms. The van der Waals surface area contributed by atoms with Crippen molar-refractivity contribution in [2.75, 3.05) is 26.2 Å². The molecular formula is C13H25N3O4. The van der Waals surface area contributed by atoms with Gasteiger partial charge in [0.05, 0.1) is 12.0 Å². The minimum atomic E-state index is -0.716. The lowest BCUT2D eigenvalue weighted by atomic mass is 10.1. The molecule has 1 aliphatic heterocycles. The van der Waals surface area contributed by atoms with E-state index in [-0.39, 0.29) is 18.4 Å². The first kappa shape index (κ1) is 16.7. The summed E-state index contributed by atoms with van der Waals surface area (Å²) in [7, 11) is 0. The Kier molecular flexibility index (Phi) is 6.22. The fourth-order valence-electron chi connectivity index (χ4n) is 1.85. The Morgan fingerprint density at radius 1 is 1.50 bits per heavy atom. The van der Waals surface area contributed by atoms with Gasteiger partial charge < -0.3 is 25.8 Å². The van der Waals surface area contributed by atoms with Gasteiger partial charge in [-0.1, -0.05) is 0 Å². The molecule has 1 unspecified atom stereocenters. The number of hydrogen-bond donors (Lipinski definition) is 4. The Balaban J connectivity index is 2.09. The van der Waals surface area contributed by atoms with E-state index in [0.717, 1.165) is 6.42 Å².